The summed E-state index contributed by atoms with van der Waals surface area (Å²) in [4.78, 5) is 24.3. The maximum Gasteiger partial charge on any atom is 0.338 e. The van der Waals surface area contributed by atoms with Crippen LogP contribution in [-0.2, 0) is 20.7 Å². The van der Waals surface area contributed by atoms with E-state index in [0.717, 1.165) is 42.7 Å². The predicted molar refractivity (Wildman–Crippen MR) is 127 cm³/mol. The molecule has 0 radical (unpaired) electrons. The number of rotatable bonds is 8. The van der Waals surface area contributed by atoms with Gasteiger partial charge in [-0.3, -0.25) is 0 Å². The summed E-state index contributed by atoms with van der Waals surface area (Å²) < 4.78 is 10.9. The second kappa shape index (κ2) is 11.4. The Hall–Kier alpha value is -3.28. The van der Waals surface area contributed by atoms with Crippen LogP contribution in [0.25, 0.3) is 6.08 Å². The predicted octanol–water partition coefficient (Wildman–Crippen LogP) is 4.78. The molecule has 0 aliphatic heterocycles. The average Bonchev–Trinajstić information content (AvgIpc) is 2.78. The largest absolute Gasteiger partial charge is 0.462 e. The summed E-state index contributed by atoms with van der Waals surface area (Å²) in [5, 5.41) is 0. The van der Waals surface area contributed by atoms with E-state index in [-0.39, 0.29) is 18.7 Å². The highest BCUT2D eigenvalue weighted by Crippen LogP contribution is 2.28. The third kappa shape index (κ3) is 7.15. The van der Waals surface area contributed by atoms with Crippen LogP contribution in [0.15, 0.2) is 48.5 Å². The molecule has 2 aromatic rings. The maximum absolute atomic E-state index is 12.4. The summed E-state index contributed by atoms with van der Waals surface area (Å²) >= 11 is 0. The van der Waals surface area contributed by atoms with Gasteiger partial charge in [0.15, 0.2) is 0 Å². The zero-order valence-corrected chi connectivity index (χ0v) is 18.6. The topological polar surface area (TPSA) is 105 Å². The first-order chi connectivity index (χ1) is 15.4. The van der Waals surface area contributed by atoms with Crippen LogP contribution in [-0.4, -0.2) is 24.6 Å². The number of esters is 2. The number of nitrogens with two attached hydrogens (primary N) is 2. The van der Waals surface area contributed by atoms with Gasteiger partial charge in [0, 0.05) is 23.9 Å². The van der Waals surface area contributed by atoms with E-state index in [0.29, 0.717) is 23.4 Å². The van der Waals surface area contributed by atoms with E-state index in [4.69, 9.17) is 20.9 Å². The summed E-state index contributed by atoms with van der Waals surface area (Å²) in [6, 6.07) is 12.3. The lowest BCUT2D eigenvalue weighted by molar-refractivity contribution is -0.137. The molecule has 0 saturated heterocycles. The molecule has 0 bridgehead atoms. The van der Waals surface area contributed by atoms with Crippen LogP contribution in [0.3, 0.4) is 0 Å². The van der Waals surface area contributed by atoms with Gasteiger partial charge >= 0.3 is 11.9 Å². The lowest BCUT2D eigenvalue weighted by Gasteiger charge is -2.27. The van der Waals surface area contributed by atoms with Crippen molar-refractivity contribution in [2.45, 2.75) is 51.6 Å². The van der Waals surface area contributed by atoms with E-state index >= 15 is 0 Å². The summed E-state index contributed by atoms with van der Waals surface area (Å²) in [5.41, 5.74) is 14.9. The molecule has 3 rings (SSSR count). The van der Waals surface area contributed by atoms with E-state index in [1.165, 1.54) is 12.5 Å². The smallest absolute Gasteiger partial charge is 0.338 e. The molecule has 1 fully saturated rings. The van der Waals surface area contributed by atoms with Crippen molar-refractivity contribution in [3.8, 4) is 0 Å². The van der Waals surface area contributed by atoms with Crippen molar-refractivity contribution >= 4 is 29.4 Å². The van der Waals surface area contributed by atoms with E-state index in [1.807, 2.05) is 12.1 Å². The van der Waals surface area contributed by atoms with Gasteiger partial charge in [0.05, 0.1) is 12.2 Å². The molecule has 0 aromatic heterocycles. The van der Waals surface area contributed by atoms with E-state index in [9.17, 15) is 9.59 Å². The monoisotopic (exact) mass is 436 g/mol. The molecule has 6 heteroatoms. The minimum Gasteiger partial charge on any atom is -0.462 e. The van der Waals surface area contributed by atoms with Gasteiger partial charge in [-0.25, -0.2) is 9.59 Å². The number of anilines is 2. The van der Waals surface area contributed by atoms with Gasteiger partial charge in [-0.2, -0.15) is 0 Å². The molecular weight excluding hydrogens is 404 g/mol. The second-order valence-corrected chi connectivity index (χ2v) is 8.34. The van der Waals surface area contributed by atoms with Crippen molar-refractivity contribution in [1.82, 2.24) is 0 Å². The standard InChI is InChI=1S/C26H32N2O4/c1-2-18-5-10-24(11-6-18)32-26(30)21-8-3-19(4-9-21)7-12-25(29)31-14-13-20-15-22(27)17-23(28)16-20/h3-4,7-9,12,15-18,24H,2,5-6,10-11,13-14,27-28H2,1H3. The van der Waals surface area contributed by atoms with Crippen LogP contribution in [0, 0.1) is 5.92 Å². The first-order valence-corrected chi connectivity index (χ1v) is 11.2. The molecule has 1 saturated carbocycles. The number of carbonyl (C=O) groups excluding carboxylic acids is 2. The molecule has 0 heterocycles. The average molecular weight is 437 g/mol. The van der Waals surface area contributed by atoms with E-state index in [1.54, 1.807) is 36.4 Å². The Labute approximate surface area is 189 Å². The minimum atomic E-state index is -0.437. The summed E-state index contributed by atoms with van der Waals surface area (Å²) in [7, 11) is 0. The maximum atomic E-state index is 12.4. The number of carbonyl (C=O) groups is 2. The summed E-state index contributed by atoms with van der Waals surface area (Å²) in [6.07, 6.45) is 8.91. The SMILES string of the molecule is CCC1CCC(OC(=O)c2ccc(C=CC(=O)OCCc3cc(N)cc(N)c3)cc2)CC1. The quantitative estimate of drug-likeness (QED) is 0.351. The molecule has 1 aliphatic carbocycles. The first kappa shape index (κ1) is 23.4. The molecule has 0 spiro atoms. The van der Waals surface area contributed by atoms with Crippen LogP contribution in [0.2, 0.25) is 0 Å². The van der Waals surface area contributed by atoms with Gasteiger partial charge in [-0.15, -0.1) is 0 Å². The van der Waals surface area contributed by atoms with Gasteiger partial charge in [0.25, 0.3) is 0 Å². The van der Waals surface area contributed by atoms with E-state index in [2.05, 4.69) is 6.92 Å². The van der Waals surface area contributed by atoms with Gasteiger partial charge in [0.2, 0.25) is 0 Å². The lowest BCUT2D eigenvalue weighted by atomic mass is 9.86. The molecule has 1 aliphatic rings. The first-order valence-electron chi connectivity index (χ1n) is 11.2. The molecule has 4 N–H and O–H groups in total. The van der Waals surface area contributed by atoms with Crippen molar-refractivity contribution < 1.29 is 19.1 Å². The number of hydrogen-bond donors (Lipinski definition) is 2. The number of hydrogen-bond acceptors (Lipinski definition) is 6. The van der Waals surface area contributed by atoms with Crippen molar-refractivity contribution in [3.63, 3.8) is 0 Å². The Kier molecular flexibility index (Phi) is 8.31. The van der Waals surface area contributed by atoms with Crippen molar-refractivity contribution in [2.75, 3.05) is 18.1 Å². The summed E-state index contributed by atoms with van der Waals surface area (Å²) in [6.45, 7) is 2.45. The molecule has 0 amide bonds. The van der Waals surface area contributed by atoms with Gasteiger partial charge in [-0.05, 0) is 79.1 Å². The van der Waals surface area contributed by atoms with E-state index < -0.39 is 5.97 Å². The fraction of sp³-hybridized carbons (Fsp3) is 0.385. The lowest BCUT2D eigenvalue weighted by Crippen LogP contribution is -2.24. The third-order valence-corrected chi connectivity index (χ3v) is 5.88. The number of ether oxygens (including phenoxy) is 2. The molecule has 170 valence electrons. The zero-order chi connectivity index (χ0) is 22.9. The Morgan fingerprint density at radius 2 is 1.66 bits per heavy atom. The Morgan fingerprint density at radius 1 is 1.00 bits per heavy atom. The Bertz CT molecular complexity index is 925. The Balaban J connectivity index is 1.43. The summed E-state index contributed by atoms with van der Waals surface area (Å²) in [5.74, 6) is 0.0359. The molecule has 2 aromatic carbocycles. The van der Waals surface area contributed by atoms with Gasteiger partial charge in [0.1, 0.15) is 6.10 Å². The van der Waals surface area contributed by atoms with Crippen LogP contribution in [0.1, 0.15) is 60.5 Å². The van der Waals surface area contributed by atoms with Crippen molar-refractivity contribution in [2.24, 2.45) is 5.92 Å². The Morgan fingerprint density at radius 3 is 2.28 bits per heavy atom. The molecule has 6 nitrogen and oxygen atoms in total. The van der Waals surface area contributed by atoms with Crippen molar-refractivity contribution in [3.05, 3.63) is 65.2 Å². The van der Waals surface area contributed by atoms with Gasteiger partial charge in [-0.1, -0.05) is 25.5 Å². The molecular formula is C26H32N2O4. The van der Waals surface area contributed by atoms with Crippen LogP contribution < -0.4 is 11.5 Å². The van der Waals surface area contributed by atoms with Gasteiger partial charge < -0.3 is 20.9 Å². The highest BCUT2D eigenvalue weighted by atomic mass is 16.5. The number of benzene rings is 2. The highest BCUT2D eigenvalue weighted by Gasteiger charge is 2.23. The third-order valence-electron chi connectivity index (χ3n) is 5.88. The molecule has 0 unspecified atom stereocenters. The fourth-order valence-electron chi connectivity index (χ4n) is 3.98. The normalized spacial score (nSPS) is 18.4. The highest BCUT2D eigenvalue weighted by molar-refractivity contribution is 5.90. The minimum absolute atomic E-state index is 0.0170. The molecule has 0 atom stereocenters. The number of nitrogen functional groups attached to an aromatic ring is 2. The molecule has 32 heavy (non-hydrogen) atoms. The van der Waals surface area contributed by atoms with Crippen LogP contribution in [0.4, 0.5) is 11.4 Å². The second-order valence-electron chi connectivity index (χ2n) is 8.34. The fourth-order valence-corrected chi connectivity index (χ4v) is 3.98. The van der Waals surface area contributed by atoms with Crippen LogP contribution in [0.5, 0.6) is 0 Å². The van der Waals surface area contributed by atoms with Crippen molar-refractivity contribution in [1.29, 1.82) is 0 Å². The van der Waals surface area contributed by atoms with Crippen LogP contribution >= 0.6 is 0 Å². The zero-order valence-electron chi connectivity index (χ0n) is 18.6.